The SMILES string of the molecule is Cc1ccc(N2C(=O)C[C@@H](C(=O)N3CCC(C(=O)Nc4ccccc4)CC3)[C@@H]2c2cccs2)cc1. The summed E-state index contributed by atoms with van der Waals surface area (Å²) in [6.07, 6.45) is 1.44. The van der Waals surface area contributed by atoms with Gasteiger partial charge in [-0.1, -0.05) is 42.0 Å². The molecular formula is C28H29N3O3S. The van der Waals surface area contributed by atoms with E-state index in [0.717, 1.165) is 21.8 Å². The van der Waals surface area contributed by atoms with Crippen molar-refractivity contribution >= 4 is 40.4 Å². The van der Waals surface area contributed by atoms with Crippen LogP contribution in [0, 0.1) is 18.8 Å². The Labute approximate surface area is 209 Å². The topological polar surface area (TPSA) is 69.7 Å². The second kappa shape index (κ2) is 10.0. The molecule has 3 heterocycles. The Morgan fingerprint density at radius 3 is 2.31 bits per heavy atom. The largest absolute Gasteiger partial charge is 0.342 e. The molecule has 2 atom stereocenters. The lowest BCUT2D eigenvalue weighted by molar-refractivity contribution is -0.139. The van der Waals surface area contributed by atoms with Gasteiger partial charge in [0.25, 0.3) is 0 Å². The molecule has 1 N–H and O–H groups in total. The number of nitrogens with one attached hydrogen (secondary N) is 1. The van der Waals surface area contributed by atoms with Crippen LogP contribution in [0.15, 0.2) is 72.1 Å². The van der Waals surface area contributed by atoms with Gasteiger partial charge < -0.3 is 15.1 Å². The van der Waals surface area contributed by atoms with E-state index in [1.807, 2.05) is 83.9 Å². The van der Waals surface area contributed by atoms with E-state index in [4.69, 9.17) is 0 Å². The molecule has 0 unspecified atom stereocenters. The molecule has 2 aromatic carbocycles. The van der Waals surface area contributed by atoms with Crippen LogP contribution in [0.1, 0.15) is 35.7 Å². The lowest BCUT2D eigenvalue weighted by atomic mass is 9.92. The molecule has 7 heteroatoms. The van der Waals surface area contributed by atoms with Crippen LogP contribution in [0.5, 0.6) is 0 Å². The van der Waals surface area contributed by atoms with Gasteiger partial charge in [-0.3, -0.25) is 14.4 Å². The predicted molar refractivity (Wildman–Crippen MR) is 138 cm³/mol. The van der Waals surface area contributed by atoms with Crippen LogP contribution in [0.4, 0.5) is 11.4 Å². The third-order valence-corrected chi connectivity index (χ3v) is 7.95. The molecule has 0 radical (unpaired) electrons. The van der Waals surface area contributed by atoms with E-state index < -0.39 is 5.92 Å². The Morgan fingerprint density at radius 2 is 1.66 bits per heavy atom. The highest BCUT2D eigenvalue weighted by Gasteiger charge is 2.47. The Hall–Kier alpha value is -3.45. The van der Waals surface area contributed by atoms with Gasteiger partial charge in [0.05, 0.1) is 12.0 Å². The number of hydrogen-bond donors (Lipinski definition) is 1. The molecule has 1 aromatic heterocycles. The van der Waals surface area contributed by atoms with Crippen LogP contribution in [-0.2, 0) is 14.4 Å². The fraction of sp³-hybridized carbons (Fsp3) is 0.321. The molecule has 2 fully saturated rings. The first-order chi connectivity index (χ1) is 17.0. The molecule has 2 aliphatic heterocycles. The number of amides is 3. The zero-order valence-corrected chi connectivity index (χ0v) is 20.5. The zero-order valence-electron chi connectivity index (χ0n) is 19.7. The van der Waals surface area contributed by atoms with E-state index in [2.05, 4.69) is 5.32 Å². The molecule has 3 amide bonds. The fourth-order valence-corrected chi connectivity index (χ4v) is 5.99. The molecule has 2 aliphatic rings. The van der Waals surface area contributed by atoms with Crippen molar-refractivity contribution in [1.82, 2.24) is 4.90 Å². The van der Waals surface area contributed by atoms with E-state index in [0.29, 0.717) is 25.9 Å². The molecule has 6 nitrogen and oxygen atoms in total. The minimum atomic E-state index is -0.433. The molecule has 35 heavy (non-hydrogen) atoms. The van der Waals surface area contributed by atoms with Gasteiger partial charge in [0.1, 0.15) is 0 Å². The minimum Gasteiger partial charge on any atom is -0.342 e. The third-order valence-electron chi connectivity index (χ3n) is 7.01. The van der Waals surface area contributed by atoms with Crippen molar-refractivity contribution in [3.63, 3.8) is 0 Å². The number of para-hydroxylation sites is 1. The van der Waals surface area contributed by atoms with Crippen LogP contribution in [-0.4, -0.2) is 35.7 Å². The highest BCUT2D eigenvalue weighted by atomic mass is 32.1. The molecule has 0 bridgehead atoms. The number of nitrogens with zero attached hydrogens (tertiary/aromatic N) is 2. The smallest absolute Gasteiger partial charge is 0.228 e. The molecule has 180 valence electrons. The van der Waals surface area contributed by atoms with Gasteiger partial charge in [0.15, 0.2) is 0 Å². The van der Waals surface area contributed by atoms with E-state index in [1.165, 1.54) is 0 Å². The minimum absolute atomic E-state index is 0.00125. The van der Waals surface area contributed by atoms with Gasteiger partial charge in [0.2, 0.25) is 17.7 Å². The van der Waals surface area contributed by atoms with Crippen LogP contribution in [0.3, 0.4) is 0 Å². The van der Waals surface area contributed by atoms with Crippen molar-refractivity contribution in [3.05, 3.63) is 82.6 Å². The first-order valence-electron chi connectivity index (χ1n) is 12.1. The van der Waals surface area contributed by atoms with E-state index in [1.54, 1.807) is 16.2 Å². The Balaban J connectivity index is 1.29. The number of benzene rings is 2. The summed E-state index contributed by atoms with van der Waals surface area (Å²) < 4.78 is 0. The number of aryl methyl sites for hydroxylation is 1. The van der Waals surface area contributed by atoms with Crippen molar-refractivity contribution in [3.8, 4) is 0 Å². The summed E-state index contributed by atoms with van der Waals surface area (Å²) in [6.45, 7) is 3.07. The first-order valence-corrected chi connectivity index (χ1v) is 13.0. The van der Waals surface area contributed by atoms with Gasteiger partial charge in [0, 0.05) is 41.7 Å². The number of hydrogen-bond acceptors (Lipinski definition) is 4. The summed E-state index contributed by atoms with van der Waals surface area (Å²) in [7, 11) is 0. The number of rotatable bonds is 5. The summed E-state index contributed by atoms with van der Waals surface area (Å²) >= 11 is 1.58. The maximum Gasteiger partial charge on any atom is 0.228 e. The van der Waals surface area contributed by atoms with Crippen molar-refractivity contribution in [2.45, 2.75) is 32.2 Å². The van der Waals surface area contributed by atoms with E-state index in [-0.39, 0.29) is 36.1 Å². The molecule has 0 saturated carbocycles. The average Bonchev–Trinajstić information content (AvgIpc) is 3.53. The molecular weight excluding hydrogens is 458 g/mol. The highest BCUT2D eigenvalue weighted by molar-refractivity contribution is 7.10. The standard InChI is InChI=1S/C28H29N3O3S/c1-19-9-11-22(12-10-19)31-25(32)18-23(26(31)24-8-5-17-35-24)28(34)30-15-13-20(14-16-30)27(33)29-21-6-3-2-4-7-21/h2-12,17,20,23,26H,13-16,18H2,1H3,(H,29,33)/t23-,26-/m1/s1. The van der Waals surface area contributed by atoms with E-state index in [9.17, 15) is 14.4 Å². The third kappa shape index (κ3) is 4.86. The summed E-state index contributed by atoms with van der Waals surface area (Å²) in [5.41, 5.74) is 2.74. The molecule has 5 rings (SSSR count). The molecule has 0 spiro atoms. The Morgan fingerprint density at radius 1 is 0.943 bits per heavy atom. The number of carbonyl (C=O) groups excluding carboxylic acids is 3. The van der Waals surface area contributed by atoms with Crippen molar-refractivity contribution < 1.29 is 14.4 Å². The van der Waals surface area contributed by atoms with Crippen LogP contribution in [0.2, 0.25) is 0 Å². The number of likely N-dealkylation sites (tertiary alicyclic amines) is 1. The van der Waals surface area contributed by atoms with Crippen LogP contribution in [0.25, 0.3) is 0 Å². The van der Waals surface area contributed by atoms with Crippen LogP contribution >= 0.6 is 11.3 Å². The lowest BCUT2D eigenvalue weighted by Crippen LogP contribution is -2.45. The van der Waals surface area contributed by atoms with Crippen molar-refractivity contribution in [1.29, 1.82) is 0 Å². The van der Waals surface area contributed by atoms with Crippen LogP contribution < -0.4 is 10.2 Å². The highest BCUT2D eigenvalue weighted by Crippen LogP contribution is 2.44. The summed E-state index contributed by atoms with van der Waals surface area (Å²) in [6, 6.07) is 21.0. The zero-order chi connectivity index (χ0) is 24.4. The number of carbonyl (C=O) groups is 3. The van der Waals surface area contributed by atoms with Gasteiger partial charge >= 0.3 is 0 Å². The van der Waals surface area contributed by atoms with Gasteiger partial charge in [-0.05, 0) is 55.5 Å². The predicted octanol–water partition coefficient (Wildman–Crippen LogP) is 5.03. The van der Waals surface area contributed by atoms with Crippen molar-refractivity contribution in [2.75, 3.05) is 23.3 Å². The maximum atomic E-state index is 13.7. The molecule has 3 aromatic rings. The fourth-order valence-electron chi connectivity index (χ4n) is 5.11. The first kappa shape index (κ1) is 23.3. The van der Waals surface area contributed by atoms with Gasteiger partial charge in [-0.15, -0.1) is 11.3 Å². The second-order valence-electron chi connectivity index (χ2n) is 9.32. The molecule has 2 saturated heterocycles. The number of piperidine rings is 1. The quantitative estimate of drug-likeness (QED) is 0.549. The van der Waals surface area contributed by atoms with Gasteiger partial charge in [-0.25, -0.2) is 0 Å². The molecule has 0 aliphatic carbocycles. The number of anilines is 2. The second-order valence-corrected chi connectivity index (χ2v) is 10.3. The summed E-state index contributed by atoms with van der Waals surface area (Å²) in [5.74, 6) is -0.573. The average molecular weight is 488 g/mol. The Kier molecular flexibility index (Phi) is 6.68. The van der Waals surface area contributed by atoms with E-state index >= 15 is 0 Å². The van der Waals surface area contributed by atoms with Crippen molar-refractivity contribution in [2.24, 2.45) is 11.8 Å². The van der Waals surface area contributed by atoms with Gasteiger partial charge in [-0.2, -0.15) is 0 Å². The Bertz CT molecular complexity index is 1190. The summed E-state index contributed by atoms with van der Waals surface area (Å²) in [5, 5.41) is 4.97. The monoisotopic (exact) mass is 487 g/mol. The normalized spacial score (nSPS) is 20.8. The summed E-state index contributed by atoms with van der Waals surface area (Å²) in [4.78, 5) is 44.3. The number of thiophene rings is 1. The lowest BCUT2D eigenvalue weighted by Gasteiger charge is -2.35. The maximum absolute atomic E-state index is 13.7.